The number of aromatic nitrogens is 4. The zero-order valence-corrected chi connectivity index (χ0v) is 15.4. The number of alkyl halides is 6. The first-order chi connectivity index (χ1) is 15.0. The molecule has 0 N–H and O–H groups in total. The van der Waals surface area contributed by atoms with Crippen LogP contribution in [-0.2, 0) is 12.4 Å². The van der Waals surface area contributed by atoms with Gasteiger partial charge in [-0.3, -0.25) is 0 Å². The van der Waals surface area contributed by atoms with Crippen molar-refractivity contribution < 1.29 is 26.3 Å². The van der Waals surface area contributed by atoms with Gasteiger partial charge in [0.2, 0.25) is 5.65 Å². The molecule has 2 heterocycles. The van der Waals surface area contributed by atoms with E-state index in [2.05, 4.69) is 24.8 Å². The molecule has 0 fully saturated rings. The van der Waals surface area contributed by atoms with Crippen LogP contribution in [-0.4, -0.2) is 19.9 Å². The second kappa shape index (κ2) is 7.13. The fraction of sp³-hybridized carbons (Fsp3) is 0.100. The topological polar surface area (TPSA) is 79.7 Å². The van der Waals surface area contributed by atoms with Gasteiger partial charge < -0.3 is 4.85 Å². The molecule has 32 heavy (non-hydrogen) atoms. The Balaban J connectivity index is 1.93. The van der Waals surface area contributed by atoms with Crippen molar-refractivity contribution in [3.05, 3.63) is 64.6 Å². The monoisotopic (exact) mass is 444 g/mol. The summed E-state index contributed by atoms with van der Waals surface area (Å²) >= 11 is 0. The van der Waals surface area contributed by atoms with Crippen LogP contribution in [0.1, 0.15) is 16.8 Å². The van der Waals surface area contributed by atoms with Crippen LogP contribution in [0.25, 0.3) is 38.3 Å². The summed E-state index contributed by atoms with van der Waals surface area (Å²) in [4.78, 5) is 19.2. The second-order valence-electron chi connectivity index (χ2n) is 6.49. The second-order valence-corrected chi connectivity index (χ2v) is 6.49. The molecule has 0 aliphatic heterocycles. The normalized spacial score (nSPS) is 12.0. The minimum absolute atomic E-state index is 0.0346. The molecule has 2 aromatic heterocycles. The average Bonchev–Trinajstić information content (AvgIpc) is 2.74. The summed E-state index contributed by atoms with van der Waals surface area (Å²) in [5.41, 5.74) is -3.21. The van der Waals surface area contributed by atoms with Gasteiger partial charge in [-0.15, -0.1) is 0 Å². The Hall–Kier alpha value is -4.32. The fourth-order valence-corrected chi connectivity index (χ4v) is 2.95. The number of nitriles is 1. The van der Waals surface area contributed by atoms with E-state index in [4.69, 9.17) is 11.8 Å². The average molecular weight is 444 g/mol. The maximum atomic E-state index is 13.2. The van der Waals surface area contributed by atoms with Gasteiger partial charge in [0.25, 0.3) is 5.65 Å². The van der Waals surface area contributed by atoms with Crippen LogP contribution in [0.3, 0.4) is 0 Å². The van der Waals surface area contributed by atoms with Gasteiger partial charge in [-0.2, -0.15) is 31.6 Å². The molecule has 0 aliphatic carbocycles. The molecule has 6 nitrogen and oxygen atoms in total. The van der Waals surface area contributed by atoms with Gasteiger partial charge in [0.1, 0.15) is 6.07 Å². The highest BCUT2D eigenvalue weighted by molar-refractivity contribution is 5.87. The SMILES string of the molecule is [C-]#[N+]c1nc2nc3cc(-c4cc(C(F)(F)F)cc(C(F)(F)F)c4)ccc3nc2nc1C#N. The summed E-state index contributed by atoms with van der Waals surface area (Å²) in [7, 11) is 0. The molecule has 0 amide bonds. The Morgan fingerprint density at radius 2 is 1.34 bits per heavy atom. The number of rotatable bonds is 1. The number of halogens is 6. The highest BCUT2D eigenvalue weighted by atomic mass is 19.4. The molecule has 0 aliphatic rings. The van der Waals surface area contributed by atoms with Crippen molar-refractivity contribution in [1.29, 1.82) is 5.26 Å². The smallest absolute Gasteiger partial charge is 0.358 e. The lowest BCUT2D eigenvalue weighted by Crippen LogP contribution is -2.11. The Bertz CT molecular complexity index is 1450. The molecule has 4 aromatic rings. The summed E-state index contributed by atoms with van der Waals surface area (Å²) in [6, 6.07) is 6.89. The first kappa shape index (κ1) is 20.9. The van der Waals surface area contributed by atoms with E-state index < -0.39 is 23.5 Å². The van der Waals surface area contributed by atoms with Crippen molar-refractivity contribution in [2.75, 3.05) is 0 Å². The lowest BCUT2D eigenvalue weighted by molar-refractivity contribution is -0.143. The van der Waals surface area contributed by atoms with Crippen molar-refractivity contribution in [3.8, 4) is 17.2 Å². The third-order valence-electron chi connectivity index (χ3n) is 4.40. The van der Waals surface area contributed by atoms with Crippen LogP contribution in [0.15, 0.2) is 36.4 Å². The van der Waals surface area contributed by atoms with Crippen molar-refractivity contribution in [1.82, 2.24) is 19.9 Å². The molecule has 0 radical (unpaired) electrons. The molecule has 12 heteroatoms. The molecule has 158 valence electrons. The van der Waals surface area contributed by atoms with Gasteiger partial charge >= 0.3 is 18.2 Å². The Morgan fingerprint density at radius 3 is 1.91 bits per heavy atom. The predicted molar refractivity (Wildman–Crippen MR) is 99.1 cm³/mol. The summed E-state index contributed by atoms with van der Waals surface area (Å²) in [6.07, 6.45) is -9.96. The van der Waals surface area contributed by atoms with Crippen LogP contribution >= 0.6 is 0 Å². The minimum Gasteiger partial charge on any atom is -0.358 e. The predicted octanol–water partition coefficient (Wildman–Crippen LogP) is 5.70. The van der Waals surface area contributed by atoms with Crippen molar-refractivity contribution >= 4 is 28.1 Å². The molecule has 2 aromatic carbocycles. The maximum absolute atomic E-state index is 13.2. The molecule has 0 unspecified atom stereocenters. The summed E-state index contributed by atoms with van der Waals surface area (Å²) in [5, 5.41) is 9.04. The third-order valence-corrected chi connectivity index (χ3v) is 4.40. The molecule has 4 rings (SSSR count). The van der Waals surface area contributed by atoms with E-state index in [1.165, 1.54) is 18.2 Å². The van der Waals surface area contributed by atoms with Crippen molar-refractivity contribution in [2.45, 2.75) is 12.4 Å². The van der Waals surface area contributed by atoms with Crippen LogP contribution in [0.2, 0.25) is 0 Å². The minimum atomic E-state index is -4.98. The maximum Gasteiger partial charge on any atom is 0.416 e. The highest BCUT2D eigenvalue weighted by Crippen LogP contribution is 2.39. The molecule has 0 bridgehead atoms. The summed E-state index contributed by atoms with van der Waals surface area (Å²) in [5.74, 6) is -0.308. The highest BCUT2D eigenvalue weighted by Gasteiger charge is 2.37. The number of benzene rings is 2. The number of hydrogen-bond acceptors (Lipinski definition) is 5. The van der Waals surface area contributed by atoms with Gasteiger partial charge in [-0.1, -0.05) is 17.6 Å². The number of hydrogen-bond donors (Lipinski definition) is 0. The van der Waals surface area contributed by atoms with Gasteiger partial charge in [-0.05, 0) is 41.5 Å². The molecular weight excluding hydrogens is 438 g/mol. The van der Waals surface area contributed by atoms with Crippen LogP contribution in [0, 0.1) is 17.9 Å². The zero-order chi connectivity index (χ0) is 23.3. The van der Waals surface area contributed by atoms with Gasteiger partial charge in [0, 0.05) is 0 Å². The largest absolute Gasteiger partial charge is 0.416 e. The first-order valence-electron chi connectivity index (χ1n) is 8.56. The Morgan fingerprint density at radius 1 is 0.750 bits per heavy atom. The van der Waals surface area contributed by atoms with Gasteiger partial charge in [-0.25, -0.2) is 15.0 Å². The molecule has 0 spiro atoms. The Kier molecular flexibility index (Phi) is 4.66. The van der Waals surface area contributed by atoms with E-state index in [1.807, 2.05) is 0 Å². The van der Waals surface area contributed by atoms with E-state index in [0.717, 1.165) is 0 Å². The van der Waals surface area contributed by atoms with E-state index in [-0.39, 0.29) is 51.0 Å². The van der Waals surface area contributed by atoms with E-state index in [1.54, 1.807) is 6.07 Å². The summed E-state index contributed by atoms with van der Waals surface area (Å²) in [6.45, 7) is 7.05. The van der Waals surface area contributed by atoms with Crippen LogP contribution in [0.5, 0.6) is 0 Å². The lowest BCUT2D eigenvalue weighted by Gasteiger charge is -2.14. The Labute approximate surface area is 174 Å². The number of fused-ring (bicyclic) bond motifs is 2. The molecular formula is C20H6F6N6. The van der Waals surface area contributed by atoms with E-state index in [9.17, 15) is 26.3 Å². The van der Waals surface area contributed by atoms with Crippen molar-refractivity contribution in [3.63, 3.8) is 0 Å². The quantitative estimate of drug-likeness (QED) is 0.214. The van der Waals surface area contributed by atoms with E-state index >= 15 is 0 Å². The van der Waals surface area contributed by atoms with Gasteiger partial charge in [0.15, 0.2) is 5.69 Å². The molecule has 0 saturated carbocycles. The lowest BCUT2D eigenvalue weighted by atomic mass is 9.98. The van der Waals surface area contributed by atoms with Crippen molar-refractivity contribution in [2.24, 2.45) is 0 Å². The first-order valence-corrected chi connectivity index (χ1v) is 8.56. The third kappa shape index (κ3) is 3.74. The standard InChI is InChI=1S/C20H6F6N6/c1-28-16-15(8-27)31-17-18(32-16)30-14-6-9(2-3-13(14)29-17)10-4-11(19(21,22)23)7-12(5-10)20(24,25)26/h2-7H. The van der Waals surface area contributed by atoms with Crippen LogP contribution < -0.4 is 0 Å². The van der Waals surface area contributed by atoms with Gasteiger partial charge in [0.05, 0.1) is 22.2 Å². The zero-order valence-electron chi connectivity index (χ0n) is 15.4. The number of nitrogens with zero attached hydrogens (tertiary/aromatic N) is 6. The fourth-order valence-electron chi connectivity index (χ4n) is 2.95. The molecule has 0 atom stereocenters. The van der Waals surface area contributed by atoms with E-state index in [0.29, 0.717) is 12.1 Å². The summed E-state index contributed by atoms with van der Waals surface area (Å²) < 4.78 is 79.0. The molecule has 0 saturated heterocycles. The van der Waals surface area contributed by atoms with Crippen LogP contribution in [0.4, 0.5) is 32.2 Å².